The van der Waals surface area contributed by atoms with Crippen molar-refractivity contribution in [2.75, 3.05) is 5.32 Å². The van der Waals surface area contributed by atoms with Gasteiger partial charge in [0.1, 0.15) is 11.6 Å². The molecule has 0 saturated heterocycles. The number of benzene rings is 2. The summed E-state index contributed by atoms with van der Waals surface area (Å²) >= 11 is 0. The van der Waals surface area contributed by atoms with Crippen molar-refractivity contribution in [1.29, 1.82) is 0 Å². The fraction of sp³-hybridized carbons (Fsp3) is 0.278. The van der Waals surface area contributed by atoms with Gasteiger partial charge in [-0.2, -0.15) is 8.42 Å². The van der Waals surface area contributed by atoms with Gasteiger partial charge in [-0.25, -0.2) is 0 Å². The molecule has 0 aliphatic rings. The van der Waals surface area contributed by atoms with Gasteiger partial charge in [0, 0.05) is 5.69 Å². The number of aromatic hydroxyl groups is 1. The summed E-state index contributed by atoms with van der Waals surface area (Å²) in [6, 6.07) is 11.6. The molecule has 0 heterocycles. The molecule has 24 heavy (non-hydrogen) atoms. The van der Waals surface area contributed by atoms with Crippen LogP contribution in [0.3, 0.4) is 0 Å². The summed E-state index contributed by atoms with van der Waals surface area (Å²) in [5, 5.41) is 12.9. The van der Waals surface area contributed by atoms with Gasteiger partial charge in [0.25, 0.3) is 10.0 Å². The summed E-state index contributed by atoms with van der Waals surface area (Å²) in [4.78, 5) is 0.150. The molecule has 2 rings (SSSR count). The molecule has 0 radical (unpaired) electrons. The molecule has 0 unspecified atom stereocenters. The molecule has 0 fully saturated rings. The summed E-state index contributed by atoms with van der Waals surface area (Å²) < 4.78 is 28.5. The van der Waals surface area contributed by atoms with Crippen LogP contribution in [0.4, 0.5) is 5.69 Å². The van der Waals surface area contributed by atoms with Crippen LogP contribution in [0.2, 0.25) is 0 Å². The summed E-state index contributed by atoms with van der Waals surface area (Å²) in [6.45, 7) is 7.40. The van der Waals surface area contributed by atoms with Crippen molar-refractivity contribution in [2.45, 2.75) is 38.5 Å². The van der Waals surface area contributed by atoms with Crippen LogP contribution in [0.5, 0.6) is 5.75 Å². The van der Waals surface area contributed by atoms with Gasteiger partial charge in [0.15, 0.2) is 0 Å². The third kappa shape index (κ3) is 4.14. The Bertz CT molecular complexity index is 857. The van der Waals surface area contributed by atoms with Crippen LogP contribution in [0, 0.1) is 6.92 Å². The molecule has 2 aromatic carbocycles. The average Bonchev–Trinajstić information content (AvgIpc) is 2.50. The number of hydrogen-bond acceptors (Lipinski definition) is 3. The van der Waals surface area contributed by atoms with Crippen LogP contribution in [-0.4, -0.2) is 19.4 Å². The molecule has 0 aliphatic carbocycles. The maximum Gasteiger partial charge on any atom is 0.283 e. The van der Waals surface area contributed by atoms with Gasteiger partial charge >= 0.3 is 0 Å². The lowest BCUT2D eigenvalue weighted by Gasteiger charge is -2.16. The predicted octanol–water partition coefficient (Wildman–Crippen LogP) is 4.04. The van der Waals surface area contributed by atoms with Gasteiger partial charge in [-0.15, -0.1) is 4.40 Å². The maximum absolute atomic E-state index is 12.3. The quantitative estimate of drug-likeness (QED) is 0.497. The molecule has 5 nitrogen and oxygen atoms in total. The minimum Gasteiger partial charge on any atom is -0.508 e. The fourth-order valence-corrected chi connectivity index (χ4v) is 3.35. The second kappa shape index (κ2) is 7.05. The molecule has 0 atom stereocenters. The summed E-state index contributed by atoms with van der Waals surface area (Å²) in [7, 11) is -3.75. The van der Waals surface area contributed by atoms with Crippen molar-refractivity contribution in [3.63, 3.8) is 0 Å². The third-order valence-electron chi connectivity index (χ3n) is 3.60. The standard InChI is InChI=1S/C18H22N2O3S/c1-12(2)16-11-18(21)13(3)10-17(16)19-14(4)20-24(22,23)15-8-6-5-7-9-15/h5-12,21H,1-4H3,(H,19,20). The number of nitrogens with zero attached hydrogens (tertiary/aromatic N) is 1. The fourth-order valence-electron chi connectivity index (χ4n) is 2.34. The molecule has 0 spiro atoms. The zero-order valence-corrected chi connectivity index (χ0v) is 15.1. The molecule has 2 N–H and O–H groups in total. The number of phenols is 1. The van der Waals surface area contributed by atoms with E-state index in [4.69, 9.17) is 0 Å². The van der Waals surface area contributed by atoms with Gasteiger partial charge in [0.05, 0.1) is 4.90 Å². The molecule has 0 saturated carbocycles. The molecule has 0 amide bonds. The lowest BCUT2D eigenvalue weighted by atomic mass is 9.98. The second-order valence-corrected chi connectivity index (χ2v) is 7.57. The van der Waals surface area contributed by atoms with E-state index in [1.165, 1.54) is 12.1 Å². The Morgan fingerprint density at radius 1 is 1.17 bits per heavy atom. The topological polar surface area (TPSA) is 78.8 Å². The first-order chi connectivity index (χ1) is 11.2. The molecule has 128 valence electrons. The summed E-state index contributed by atoms with van der Waals surface area (Å²) in [6.07, 6.45) is 0. The van der Waals surface area contributed by atoms with Crippen molar-refractivity contribution in [3.8, 4) is 5.75 Å². The Morgan fingerprint density at radius 3 is 2.38 bits per heavy atom. The van der Waals surface area contributed by atoms with Gasteiger partial charge in [-0.3, -0.25) is 0 Å². The van der Waals surface area contributed by atoms with E-state index < -0.39 is 10.0 Å². The molecule has 6 heteroatoms. The Labute approximate surface area is 143 Å². The molecular formula is C18H22N2O3S. The second-order valence-electron chi connectivity index (χ2n) is 5.97. The van der Waals surface area contributed by atoms with Crippen LogP contribution in [0.15, 0.2) is 51.8 Å². The Morgan fingerprint density at radius 2 is 1.79 bits per heavy atom. The van der Waals surface area contributed by atoms with E-state index in [-0.39, 0.29) is 22.4 Å². The van der Waals surface area contributed by atoms with E-state index in [0.29, 0.717) is 5.56 Å². The molecular weight excluding hydrogens is 324 g/mol. The first kappa shape index (κ1) is 18.0. The first-order valence-electron chi connectivity index (χ1n) is 7.68. The van der Waals surface area contributed by atoms with E-state index in [9.17, 15) is 13.5 Å². The third-order valence-corrected chi connectivity index (χ3v) is 4.99. The van der Waals surface area contributed by atoms with E-state index in [0.717, 1.165) is 11.3 Å². The van der Waals surface area contributed by atoms with E-state index in [1.54, 1.807) is 44.2 Å². The van der Waals surface area contributed by atoms with Crippen LogP contribution >= 0.6 is 0 Å². The Balaban J connectivity index is 2.36. The lowest BCUT2D eigenvalue weighted by Crippen LogP contribution is -2.13. The van der Waals surface area contributed by atoms with Gasteiger partial charge in [0.2, 0.25) is 0 Å². The molecule has 0 bridgehead atoms. The van der Waals surface area contributed by atoms with Gasteiger partial charge in [-0.1, -0.05) is 32.0 Å². The Hall–Kier alpha value is -2.34. The van der Waals surface area contributed by atoms with Crippen molar-refractivity contribution in [3.05, 3.63) is 53.6 Å². The molecule has 2 aromatic rings. The van der Waals surface area contributed by atoms with Gasteiger partial charge in [-0.05, 0) is 55.2 Å². The number of hydrogen-bond donors (Lipinski definition) is 2. The normalized spacial score (nSPS) is 12.5. The number of aryl methyl sites for hydroxylation is 1. The summed E-state index contributed by atoms with van der Waals surface area (Å²) in [5.41, 5.74) is 2.34. The van der Waals surface area contributed by atoms with Crippen LogP contribution in [-0.2, 0) is 10.0 Å². The SMILES string of the molecule is CC(=NS(=O)(=O)c1ccccc1)Nc1cc(C)c(O)cc1C(C)C. The van der Waals surface area contributed by atoms with Crippen molar-refractivity contribution in [1.82, 2.24) is 0 Å². The monoisotopic (exact) mass is 346 g/mol. The zero-order valence-electron chi connectivity index (χ0n) is 14.2. The highest BCUT2D eigenvalue weighted by Crippen LogP contribution is 2.31. The summed E-state index contributed by atoms with van der Waals surface area (Å²) in [5.74, 6) is 0.652. The van der Waals surface area contributed by atoms with E-state index in [1.807, 2.05) is 13.8 Å². The average molecular weight is 346 g/mol. The van der Waals surface area contributed by atoms with Gasteiger partial charge < -0.3 is 10.4 Å². The highest BCUT2D eigenvalue weighted by molar-refractivity contribution is 7.90. The highest BCUT2D eigenvalue weighted by atomic mass is 32.2. The van der Waals surface area contributed by atoms with Crippen molar-refractivity contribution < 1.29 is 13.5 Å². The molecule has 0 aromatic heterocycles. The number of phenolic OH excluding ortho intramolecular Hbond substituents is 1. The van der Waals surface area contributed by atoms with E-state index in [2.05, 4.69) is 9.71 Å². The number of rotatable bonds is 4. The van der Waals surface area contributed by atoms with E-state index >= 15 is 0 Å². The predicted molar refractivity (Wildman–Crippen MR) is 97.3 cm³/mol. The van der Waals surface area contributed by atoms with Crippen LogP contribution < -0.4 is 5.32 Å². The first-order valence-corrected chi connectivity index (χ1v) is 9.12. The maximum atomic E-state index is 12.3. The van der Waals surface area contributed by atoms with Crippen LogP contribution in [0.25, 0.3) is 0 Å². The highest BCUT2D eigenvalue weighted by Gasteiger charge is 2.14. The Kier molecular flexibility index (Phi) is 5.29. The lowest BCUT2D eigenvalue weighted by molar-refractivity contribution is 0.470. The smallest absolute Gasteiger partial charge is 0.283 e. The number of nitrogens with one attached hydrogen (secondary N) is 1. The molecule has 0 aliphatic heterocycles. The number of anilines is 1. The minimum atomic E-state index is -3.75. The largest absolute Gasteiger partial charge is 0.508 e. The van der Waals surface area contributed by atoms with Crippen LogP contribution in [0.1, 0.15) is 37.8 Å². The number of sulfonamides is 1. The minimum absolute atomic E-state index is 0.150. The zero-order chi connectivity index (χ0) is 17.9. The van der Waals surface area contributed by atoms with Crippen molar-refractivity contribution >= 4 is 21.5 Å². The van der Waals surface area contributed by atoms with Crippen molar-refractivity contribution in [2.24, 2.45) is 4.40 Å². The number of amidine groups is 1.